The summed E-state index contributed by atoms with van der Waals surface area (Å²) in [7, 11) is -3.94. The average molecular weight is 626 g/mol. The van der Waals surface area contributed by atoms with Crippen molar-refractivity contribution in [2.45, 2.75) is 37.8 Å². The molecule has 0 N–H and O–H groups in total. The number of rotatable bonds is 6. The molecule has 11 nitrogen and oxygen atoms in total. The van der Waals surface area contributed by atoms with E-state index in [0.717, 1.165) is 10.8 Å². The lowest BCUT2D eigenvalue weighted by molar-refractivity contribution is -0.126. The van der Waals surface area contributed by atoms with E-state index in [1.165, 1.54) is 36.8 Å². The molecular formula is C29H29ClFN7O4S. The van der Waals surface area contributed by atoms with Gasteiger partial charge in [0.15, 0.2) is 20.5 Å². The molecule has 0 radical (unpaired) electrons. The van der Waals surface area contributed by atoms with Crippen molar-refractivity contribution in [3.63, 3.8) is 0 Å². The minimum atomic E-state index is -3.94. The van der Waals surface area contributed by atoms with Crippen LogP contribution in [0.15, 0.2) is 59.3 Å². The van der Waals surface area contributed by atoms with Crippen molar-refractivity contribution < 1.29 is 17.6 Å². The van der Waals surface area contributed by atoms with E-state index in [-0.39, 0.29) is 61.7 Å². The molecule has 0 aliphatic carbocycles. The lowest BCUT2D eigenvalue weighted by Gasteiger charge is -2.40. The maximum atomic E-state index is 15.9. The summed E-state index contributed by atoms with van der Waals surface area (Å²) in [6.45, 7) is 10.0. The SMILES string of the molecule is C=CC(=O)N1CCN(c2nc(=O)n(-c3c(C(C)C)ccnc3S(C)(=O)=O)c3nc(-c4cnccc4Cl)c(F)cc23)[C@@H](C)C1. The van der Waals surface area contributed by atoms with E-state index >= 15 is 4.39 Å². The van der Waals surface area contributed by atoms with Gasteiger partial charge in [-0.3, -0.25) is 9.78 Å². The molecule has 0 unspecified atom stereocenters. The van der Waals surface area contributed by atoms with E-state index in [0.29, 0.717) is 25.2 Å². The van der Waals surface area contributed by atoms with Gasteiger partial charge in [-0.05, 0) is 42.7 Å². The van der Waals surface area contributed by atoms with Crippen molar-refractivity contribution in [3.8, 4) is 16.9 Å². The first-order valence-corrected chi connectivity index (χ1v) is 15.7. The topological polar surface area (TPSA) is 131 Å². The molecule has 1 fully saturated rings. The van der Waals surface area contributed by atoms with Gasteiger partial charge in [0.2, 0.25) is 5.91 Å². The zero-order valence-corrected chi connectivity index (χ0v) is 25.5. The summed E-state index contributed by atoms with van der Waals surface area (Å²) in [5, 5.41) is 0.00417. The molecule has 1 saturated heterocycles. The van der Waals surface area contributed by atoms with E-state index in [9.17, 15) is 18.0 Å². The van der Waals surface area contributed by atoms with Gasteiger partial charge in [0.25, 0.3) is 0 Å². The van der Waals surface area contributed by atoms with Crippen LogP contribution in [0.1, 0.15) is 32.3 Å². The maximum Gasteiger partial charge on any atom is 0.355 e. The summed E-state index contributed by atoms with van der Waals surface area (Å²) >= 11 is 6.38. The summed E-state index contributed by atoms with van der Waals surface area (Å²) in [6, 6.07) is 4.01. The molecule has 14 heteroatoms. The van der Waals surface area contributed by atoms with Gasteiger partial charge in [-0.15, -0.1) is 0 Å². The first-order valence-electron chi connectivity index (χ1n) is 13.4. The van der Waals surface area contributed by atoms with Gasteiger partial charge in [-0.25, -0.2) is 32.1 Å². The van der Waals surface area contributed by atoms with Gasteiger partial charge in [-0.2, -0.15) is 4.98 Å². The molecule has 5 heterocycles. The van der Waals surface area contributed by atoms with Crippen molar-refractivity contribution in [2.24, 2.45) is 0 Å². The van der Waals surface area contributed by atoms with Crippen LogP contribution in [0.5, 0.6) is 0 Å². The number of anilines is 1. The molecule has 0 aromatic carbocycles. The number of hydrogen-bond donors (Lipinski definition) is 0. The molecule has 1 aliphatic heterocycles. The molecule has 1 amide bonds. The number of carbonyl (C=O) groups excluding carboxylic acids is 1. The third-order valence-electron chi connectivity index (χ3n) is 7.33. The molecular weight excluding hydrogens is 597 g/mol. The van der Waals surface area contributed by atoms with Crippen LogP contribution in [0.4, 0.5) is 10.2 Å². The summed E-state index contributed by atoms with van der Waals surface area (Å²) in [5.74, 6) is -1.05. The molecule has 5 rings (SSSR count). The van der Waals surface area contributed by atoms with Gasteiger partial charge in [0, 0.05) is 56.1 Å². The maximum absolute atomic E-state index is 15.9. The zero-order valence-electron chi connectivity index (χ0n) is 24.0. The highest BCUT2D eigenvalue weighted by Gasteiger charge is 2.32. The zero-order chi connectivity index (χ0) is 31.2. The van der Waals surface area contributed by atoms with Gasteiger partial charge in [0.1, 0.15) is 17.3 Å². The lowest BCUT2D eigenvalue weighted by Crippen LogP contribution is -2.54. The fourth-order valence-electron chi connectivity index (χ4n) is 5.28. The third-order valence-corrected chi connectivity index (χ3v) is 8.66. The fraction of sp³-hybridized carbons (Fsp3) is 0.310. The van der Waals surface area contributed by atoms with Gasteiger partial charge >= 0.3 is 5.69 Å². The monoisotopic (exact) mass is 625 g/mol. The standard InChI is InChI=1S/C29H29ClFN7O4S/c1-6-23(39)36-11-12-37(17(4)15-36)26-19-13-22(31)24(20-14-32-9-8-21(20)30)34-27(19)38(29(40)35-26)25-18(16(2)3)7-10-33-28(25)43(5,41)42/h6-10,13-14,16-17H,1,11-12,15H2,2-5H3/t17-/m0/s1. The summed E-state index contributed by atoms with van der Waals surface area (Å²) < 4.78 is 42.9. The van der Waals surface area contributed by atoms with Crippen molar-refractivity contribution in [1.29, 1.82) is 0 Å². The van der Waals surface area contributed by atoms with Crippen molar-refractivity contribution >= 4 is 44.2 Å². The number of piperazine rings is 1. The molecule has 43 heavy (non-hydrogen) atoms. The van der Waals surface area contributed by atoms with E-state index < -0.39 is 21.3 Å². The molecule has 224 valence electrons. The highest BCUT2D eigenvalue weighted by molar-refractivity contribution is 7.90. The van der Waals surface area contributed by atoms with Gasteiger partial charge < -0.3 is 9.80 Å². The largest absolute Gasteiger partial charge is 0.355 e. The molecule has 1 atom stereocenters. The minimum Gasteiger partial charge on any atom is -0.350 e. The van der Waals surface area contributed by atoms with Crippen LogP contribution >= 0.6 is 11.6 Å². The Hall–Kier alpha value is -4.23. The third kappa shape index (κ3) is 5.50. The normalized spacial score (nSPS) is 15.7. The predicted octanol–water partition coefficient (Wildman–Crippen LogP) is 3.78. The summed E-state index contributed by atoms with van der Waals surface area (Å²) in [5.41, 5.74) is -0.369. The molecule has 4 aromatic heterocycles. The summed E-state index contributed by atoms with van der Waals surface area (Å²) in [6.07, 6.45) is 6.40. The Labute approximate surface area is 252 Å². The molecule has 0 saturated carbocycles. The number of carbonyl (C=O) groups is 1. The number of pyridine rings is 3. The van der Waals surface area contributed by atoms with Crippen LogP contribution in [0.2, 0.25) is 5.02 Å². The minimum absolute atomic E-state index is 0.00848. The van der Waals surface area contributed by atoms with Crippen LogP contribution in [0.25, 0.3) is 28.0 Å². The number of sulfone groups is 1. The Balaban J connectivity index is 1.88. The molecule has 0 spiro atoms. The van der Waals surface area contributed by atoms with Crippen LogP contribution in [0, 0.1) is 5.82 Å². The fourth-order valence-corrected chi connectivity index (χ4v) is 6.29. The first kappa shape index (κ1) is 30.2. The van der Waals surface area contributed by atoms with E-state index in [4.69, 9.17) is 11.6 Å². The summed E-state index contributed by atoms with van der Waals surface area (Å²) in [4.78, 5) is 46.9. The van der Waals surface area contributed by atoms with Crippen molar-refractivity contribution in [3.05, 3.63) is 76.3 Å². The number of aromatic nitrogens is 5. The van der Waals surface area contributed by atoms with E-state index in [1.807, 2.05) is 25.7 Å². The van der Waals surface area contributed by atoms with Gasteiger partial charge in [-0.1, -0.05) is 32.0 Å². The Kier molecular flexibility index (Phi) is 8.05. The Morgan fingerprint density at radius 3 is 2.58 bits per heavy atom. The molecule has 1 aliphatic rings. The number of fused-ring (bicyclic) bond motifs is 1. The Bertz CT molecular complexity index is 1950. The number of hydrogen-bond acceptors (Lipinski definition) is 9. The predicted molar refractivity (Wildman–Crippen MR) is 162 cm³/mol. The number of nitrogens with zero attached hydrogens (tertiary/aromatic N) is 7. The van der Waals surface area contributed by atoms with Crippen LogP contribution in [-0.2, 0) is 14.6 Å². The quantitative estimate of drug-likeness (QED) is 0.294. The van der Waals surface area contributed by atoms with Gasteiger partial charge in [0.05, 0.1) is 16.1 Å². The van der Waals surface area contributed by atoms with Crippen LogP contribution in [0.3, 0.4) is 0 Å². The average Bonchev–Trinajstić information content (AvgIpc) is 2.96. The first-order chi connectivity index (χ1) is 20.3. The second-order valence-corrected chi connectivity index (χ2v) is 12.9. The molecule has 4 aromatic rings. The molecule has 0 bridgehead atoms. The Morgan fingerprint density at radius 1 is 1.21 bits per heavy atom. The second kappa shape index (κ2) is 11.5. The second-order valence-electron chi connectivity index (χ2n) is 10.6. The van der Waals surface area contributed by atoms with Crippen molar-refractivity contribution in [1.82, 2.24) is 29.4 Å². The lowest BCUT2D eigenvalue weighted by atomic mass is 10.0. The Morgan fingerprint density at radius 2 is 1.95 bits per heavy atom. The highest BCUT2D eigenvalue weighted by Crippen LogP contribution is 2.35. The van der Waals surface area contributed by atoms with Crippen LogP contribution < -0.4 is 10.6 Å². The van der Waals surface area contributed by atoms with Crippen molar-refractivity contribution in [2.75, 3.05) is 30.8 Å². The van der Waals surface area contributed by atoms with E-state index in [1.54, 1.807) is 11.0 Å². The smallest absolute Gasteiger partial charge is 0.350 e. The number of amides is 1. The van der Waals surface area contributed by atoms with Crippen LogP contribution in [-0.4, -0.2) is 75.7 Å². The highest BCUT2D eigenvalue weighted by atomic mass is 35.5. The van der Waals surface area contributed by atoms with E-state index in [2.05, 4.69) is 26.5 Å². The number of halogens is 2.